The minimum Gasteiger partial charge on any atom is -0.456 e. The number of rotatable bonds is 6. The molecule has 0 saturated carbocycles. The van der Waals surface area contributed by atoms with Crippen molar-refractivity contribution in [2.24, 2.45) is 0 Å². The van der Waals surface area contributed by atoms with Crippen LogP contribution < -0.4 is 0 Å². The average molecular weight is 710 g/mol. The van der Waals surface area contributed by atoms with Crippen LogP contribution in [-0.4, -0.2) is 4.98 Å². The molecule has 11 rings (SSSR count). The summed E-state index contributed by atoms with van der Waals surface area (Å²) < 4.78 is 15.8. The molecule has 0 aliphatic carbocycles. The Kier molecular flexibility index (Phi) is 7.10. The normalized spacial score (nSPS) is 12.4. The van der Waals surface area contributed by atoms with Gasteiger partial charge in [0.15, 0.2) is 5.58 Å². The van der Waals surface area contributed by atoms with Gasteiger partial charge in [-0.3, -0.25) is 0 Å². The zero-order valence-corrected chi connectivity index (χ0v) is 29.9. The maximum absolute atomic E-state index is 6.87. The number of fused-ring (bicyclic) bond motifs is 8. The number of furan rings is 1. The third-order valence-electron chi connectivity index (χ3n) is 10.7. The third kappa shape index (κ3) is 4.92. The van der Waals surface area contributed by atoms with Crippen molar-refractivity contribution in [2.75, 3.05) is 0 Å². The van der Waals surface area contributed by atoms with Gasteiger partial charge in [-0.05, 0) is 63.7 Å². The summed E-state index contributed by atoms with van der Waals surface area (Å²) in [4.78, 5) is 5.03. The first-order valence-corrected chi connectivity index (χ1v) is 19.1. The first-order chi connectivity index (χ1) is 26.8. The van der Waals surface area contributed by atoms with Gasteiger partial charge in [-0.1, -0.05) is 152 Å². The van der Waals surface area contributed by atoms with Crippen LogP contribution in [0.5, 0.6) is 0 Å². The SMILES string of the molecule is c1ccc(-c2nc3c(ccc4oc5c(C(c6ccc(-c7cccc8c7sc7ccccc78)cc6)c6ccccc6-c6ccccc6)cccc5c43)o2)cc1. The van der Waals surface area contributed by atoms with E-state index in [9.17, 15) is 0 Å². The zero-order chi connectivity index (χ0) is 35.6. The molecule has 54 heavy (non-hydrogen) atoms. The van der Waals surface area contributed by atoms with Gasteiger partial charge in [0.1, 0.15) is 16.7 Å². The average Bonchev–Trinajstić information content (AvgIpc) is 3.96. The fourth-order valence-electron chi connectivity index (χ4n) is 8.21. The number of oxazole rings is 1. The van der Waals surface area contributed by atoms with E-state index in [0.717, 1.165) is 44.2 Å². The highest BCUT2D eigenvalue weighted by Crippen LogP contribution is 2.45. The smallest absolute Gasteiger partial charge is 0.227 e. The monoisotopic (exact) mass is 709 g/mol. The quantitative estimate of drug-likeness (QED) is 0.161. The molecular weight excluding hydrogens is 679 g/mol. The number of thiophene rings is 1. The van der Waals surface area contributed by atoms with Crippen LogP contribution in [0.25, 0.3) is 86.9 Å². The molecule has 11 aromatic rings. The molecule has 0 radical (unpaired) electrons. The Morgan fingerprint density at radius 1 is 0.444 bits per heavy atom. The van der Waals surface area contributed by atoms with Crippen LogP contribution in [0.1, 0.15) is 22.6 Å². The van der Waals surface area contributed by atoms with Gasteiger partial charge in [0.2, 0.25) is 5.89 Å². The minimum absolute atomic E-state index is 0.118. The van der Waals surface area contributed by atoms with Gasteiger partial charge in [-0.15, -0.1) is 11.3 Å². The number of hydrogen-bond acceptors (Lipinski definition) is 4. The van der Waals surface area contributed by atoms with E-state index in [1.807, 2.05) is 53.8 Å². The Hall–Kier alpha value is -6.75. The van der Waals surface area contributed by atoms with Crippen molar-refractivity contribution in [3.63, 3.8) is 0 Å². The van der Waals surface area contributed by atoms with E-state index >= 15 is 0 Å². The lowest BCUT2D eigenvalue weighted by atomic mass is 9.80. The van der Waals surface area contributed by atoms with E-state index in [0.29, 0.717) is 5.89 Å². The van der Waals surface area contributed by atoms with Crippen molar-refractivity contribution in [3.05, 3.63) is 199 Å². The highest BCUT2D eigenvalue weighted by molar-refractivity contribution is 7.26. The summed E-state index contributed by atoms with van der Waals surface area (Å²) in [5.74, 6) is 0.484. The molecule has 0 fully saturated rings. The molecule has 3 heterocycles. The molecule has 4 heteroatoms. The van der Waals surface area contributed by atoms with Crippen molar-refractivity contribution in [2.45, 2.75) is 5.92 Å². The second-order valence-electron chi connectivity index (χ2n) is 13.8. The van der Waals surface area contributed by atoms with E-state index in [2.05, 4.69) is 140 Å². The highest BCUT2D eigenvalue weighted by Gasteiger charge is 2.26. The number of aromatic nitrogens is 1. The Labute approximate surface area is 315 Å². The highest BCUT2D eigenvalue weighted by atomic mass is 32.1. The van der Waals surface area contributed by atoms with Gasteiger partial charge in [-0.25, -0.2) is 4.98 Å². The zero-order valence-electron chi connectivity index (χ0n) is 29.1. The molecule has 0 aliphatic rings. The van der Waals surface area contributed by atoms with Crippen LogP contribution in [0.3, 0.4) is 0 Å². The summed E-state index contributed by atoms with van der Waals surface area (Å²) in [6.45, 7) is 0. The molecule has 0 saturated heterocycles. The predicted octanol–water partition coefficient (Wildman–Crippen LogP) is 14.3. The maximum atomic E-state index is 6.87. The Bertz CT molecular complexity index is 3150. The molecule has 1 unspecified atom stereocenters. The summed E-state index contributed by atoms with van der Waals surface area (Å²) in [5.41, 5.74) is 12.5. The summed E-state index contributed by atoms with van der Waals surface area (Å²) in [7, 11) is 0. The van der Waals surface area contributed by atoms with E-state index in [4.69, 9.17) is 13.8 Å². The first-order valence-electron chi connectivity index (χ1n) is 18.2. The molecule has 0 bridgehead atoms. The van der Waals surface area contributed by atoms with Crippen LogP contribution in [0.4, 0.5) is 0 Å². The lowest BCUT2D eigenvalue weighted by molar-refractivity contribution is 0.619. The molecule has 3 aromatic heterocycles. The second-order valence-corrected chi connectivity index (χ2v) is 14.8. The number of para-hydroxylation sites is 1. The van der Waals surface area contributed by atoms with Crippen molar-refractivity contribution < 1.29 is 8.83 Å². The Morgan fingerprint density at radius 2 is 1.07 bits per heavy atom. The third-order valence-corrected chi connectivity index (χ3v) is 11.9. The molecule has 254 valence electrons. The lowest BCUT2D eigenvalue weighted by Gasteiger charge is -2.23. The van der Waals surface area contributed by atoms with Crippen LogP contribution in [-0.2, 0) is 0 Å². The van der Waals surface area contributed by atoms with E-state index < -0.39 is 0 Å². The topological polar surface area (TPSA) is 39.2 Å². The number of nitrogens with zero attached hydrogens (tertiary/aromatic N) is 1. The maximum Gasteiger partial charge on any atom is 0.227 e. The van der Waals surface area contributed by atoms with Gasteiger partial charge in [0, 0.05) is 42.6 Å². The molecule has 0 spiro atoms. The lowest BCUT2D eigenvalue weighted by Crippen LogP contribution is -2.06. The summed E-state index contributed by atoms with van der Waals surface area (Å²) in [5, 5.41) is 4.61. The van der Waals surface area contributed by atoms with Crippen molar-refractivity contribution in [1.29, 1.82) is 0 Å². The number of hydrogen-bond donors (Lipinski definition) is 0. The number of benzene rings is 8. The van der Waals surface area contributed by atoms with Gasteiger partial charge in [-0.2, -0.15) is 0 Å². The van der Waals surface area contributed by atoms with E-state index in [1.54, 1.807) is 0 Å². The van der Waals surface area contributed by atoms with E-state index in [-0.39, 0.29) is 5.92 Å². The Morgan fingerprint density at radius 3 is 1.93 bits per heavy atom. The summed E-state index contributed by atoms with van der Waals surface area (Å²) >= 11 is 1.87. The van der Waals surface area contributed by atoms with Gasteiger partial charge >= 0.3 is 0 Å². The summed E-state index contributed by atoms with van der Waals surface area (Å²) in [6.07, 6.45) is 0. The standard InChI is InChI=1S/C50H31NO2S/c1-3-13-31(14-4-1)35-17-7-8-19-38(35)45(33-27-25-32(26-28-33)36-20-11-21-39-37-18-9-10-24-44(37)54-49(36)39)40-22-12-23-41-46-42(52-48(40)41)29-30-43-47(46)51-50(53-43)34-15-5-2-6-16-34/h1-30,45H. The van der Waals surface area contributed by atoms with Crippen molar-refractivity contribution in [3.8, 4) is 33.7 Å². The molecule has 1 atom stereocenters. The Balaban J connectivity index is 1.11. The molecule has 0 aliphatic heterocycles. The van der Waals surface area contributed by atoms with Crippen LogP contribution in [0, 0.1) is 0 Å². The van der Waals surface area contributed by atoms with Crippen LogP contribution >= 0.6 is 11.3 Å². The van der Waals surface area contributed by atoms with E-state index in [1.165, 1.54) is 53.6 Å². The second kappa shape index (κ2) is 12.4. The molecular formula is C50H31NO2S. The molecule has 0 N–H and O–H groups in total. The fraction of sp³-hybridized carbons (Fsp3) is 0.0200. The first kappa shape index (κ1) is 30.8. The van der Waals surface area contributed by atoms with Crippen molar-refractivity contribution >= 4 is 64.5 Å². The van der Waals surface area contributed by atoms with Gasteiger partial charge < -0.3 is 8.83 Å². The molecule has 8 aromatic carbocycles. The van der Waals surface area contributed by atoms with Crippen LogP contribution in [0.2, 0.25) is 0 Å². The molecule has 3 nitrogen and oxygen atoms in total. The minimum atomic E-state index is -0.118. The van der Waals surface area contributed by atoms with Crippen molar-refractivity contribution in [1.82, 2.24) is 4.98 Å². The fourth-order valence-corrected chi connectivity index (χ4v) is 9.45. The largest absolute Gasteiger partial charge is 0.456 e. The predicted molar refractivity (Wildman–Crippen MR) is 224 cm³/mol. The van der Waals surface area contributed by atoms with Gasteiger partial charge in [0.05, 0.1) is 5.39 Å². The summed E-state index contributed by atoms with van der Waals surface area (Å²) in [6, 6.07) is 64.6. The van der Waals surface area contributed by atoms with Crippen LogP contribution in [0.15, 0.2) is 191 Å². The van der Waals surface area contributed by atoms with Gasteiger partial charge in [0.25, 0.3) is 0 Å². The molecule has 0 amide bonds.